The summed E-state index contributed by atoms with van der Waals surface area (Å²) in [6.07, 6.45) is 5.63. The van der Waals surface area contributed by atoms with Crippen molar-refractivity contribution in [1.82, 2.24) is 0 Å². The third-order valence-corrected chi connectivity index (χ3v) is 4.53. The number of fused-ring (bicyclic) bond motifs is 3. The Morgan fingerprint density at radius 1 is 0.700 bits per heavy atom. The van der Waals surface area contributed by atoms with Crippen LogP contribution in [0.3, 0.4) is 0 Å². The molecular weight excluding hydrogens is 240 g/mol. The Morgan fingerprint density at radius 2 is 1.55 bits per heavy atom. The van der Waals surface area contributed by atoms with Gasteiger partial charge >= 0.3 is 0 Å². The average Bonchev–Trinajstić information content (AvgIpc) is 2.53. The molecule has 0 atom stereocenters. The molecule has 0 nitrogen and oxygen atoms in total. The van der Waals surface area contributed by atoms with Gasteiger partial charge in [-0.05, 0) is 16.8 Å². The van der Waals surface area contributed by atoms with Crippen molar-refractivity contribution < 1.29 is 0 Å². The topological polar surface area (TPSA) is 0 Å². The molecule has 4 aromatic carbocycles. The zero-order chi connectivity index (χ0) is 13.1. The summed E-state index contributed by atoms with van der Waals surface area (Å²) in [6, 6.07) is 20.0. The monoisotopic (exact) mass is 253 g/mol. The lowest BCUT2D eigenvalue weighted by atomic mass is 9.86. The summed E-state index contributed by atoms with van der Waals surface area (Å²) in [7, 11) is 0. The average molecular weight is 253 g/mol. The van der Waals surface area contributed by atoms with Gasteiger partial charge in [0, 0.05) is 22.8 Å². The molecular formula is C20H13+. The first-order valence-corrected chi connectivity index (χ1v) is 7.12. The highest BCUT2D eigenvalue weighted by atomic mass is 14.2. The predicted octanol–water partition coefficient (Wildman–Crippen LogP) is 4.41. The summed E-state index contributed by atoms with van der Waals surface area (Å²) in [6.45, 7) is 0. The smallest absolute Gasteiger partial charge is 0.0615 e. The Balaban J connectivity index is 2.29. The first-order valence-electron chi connectivity index (χ1n) is 7.12. The summed E-state index contributed by atoms with van der Waals surface area (Å²) in [5.41, 5.74) is 1.46. The van der Waals surface area contributed by atoms with Crippen LogP contribution in [0.2, 0.25) is 0 Å². The van der Waals surface area contributed by atoms with Crippen LogP contribution in [0.15, 0.2) is 54.6 Å². The van der Waals surface area contributed by atoms with E-state index in [1.54, 1.807) is 0 Å². The Labute approximate surface area is 117 Å². The first kappa shape index (κ1) is 10.3. The SMILES string of the molecule is C1=c2c3ccccc3c3cccc4ccc(c2c43)C[CH+]1. The number of rotatable bonds is 0. The van der Waals surface area contributed by atoms with Crippen LogP contribution in [-0.4, -0.2) is 0 Å². The van der Waals surface area contributed by atoms with Crippen molar-refractivity contribution in [3.8, 4) is 0 Å². The number of benzene rings is 4. The first-order chi connectivity index (χ1) is 9.93. The second kappa shape index (κ2) is 3.55. The van der Waals surface area contributed by atoms with E-state index in [0.29, 0.717) is 0 Å². The van der Waals surface area contributed by atoms with Gasteiger partial charge in [-0.3, -0.25) is 0 Å². The van der Waals surface area contributed by atoms with Gasteiger partial charge in [-0.25, -0.2) is 0 Å². The summed E-state index contributed by atoms with van der Waals surface area (Å²) in [5.74, 6) is 0. The molecule has 0 spiro atoms. The summed E-state index contributed by atoms with van der Waals surface area (Å²) in [4.78, 5) is 0. The fourth-order valence-electron chi connectivity index (χ4n) is 3.69. The van der Waals surface area contributed by atoms with Gasteiger partial charge in [0.15, 0.2) is 0 Å². The third kappa shape index (κ3) is 1.14. The maximum atomic E-state index is 2.30. The molecule has 0 heteroatoms. The molecule has 0 fully saturated rings. The van der Waals surface area contributed by atoms with E-state index in [4.69, 9.17) is 0 Å². The van der Waals surface area contributed by atoms with Crippen molar-refractivity contribution in [3.63, 3.8) is 0 Å². The van der Waals surface area contributed by atoms with Crippen LogP contribution >= 0.6 is 0 Å². The lowest BCUT2D eigenvalue weighted by molar-refractivity contribution is 1.23. The van der Waals surface area contributed by atoms with E-state index in [9.17, 15) is 0 Å². The molecule has 0 radical (unpaired) electrons. The predicted molar refractivity (Wildman–Crippen MR) is 86.6 cm³/mol. The molecule has 0 N–H and O–H groups in total. The van der Waals surface area contributed by atoms with E-state index < -0.39 is 0 Å². The second-order valence-corrected chi connectivity index (χ2v) is 5.57. The maximum Gasteiger partial charge on any atom is 0.121 e. The van der Waals surface area contributed by atoms with Crippen molar-refractivity contribution in [3.05, 3.63) is 71.8 Å². The lowest BCUT2D eigenvalue weighted by Gasteiger charge is -2.12. The minimum Gasteiger partial charge on any atom is -0.0615 e. The molecule has 0 unspecified atom stereocenters. The molecule has 0 saturated heterocycles. The fourth-order valence-corrected chi connectivity index (χ4v) is 3.69. The molecule has 4 aromatic rings. The molecule has 92 valence electrons. The van der Waals surface area contributed by atoms with Gasteiger partial charge < -0.3 is 0 Å². The van der Waals surface area contributed by atoms with E-state index in [1.165, 1.54) is 43.1 Å². The highest BCUT2D eigenvalue weighted by molar-refractivity contribution is 6.22. The second-order valence-electron chi connectivity index (χ2n) is 5.57. The minimum atomic E-state index is 1.05. The van der Waals surface area contributed by atoms with Crippen LogP contribution < -0.4 is 5.22 Å². The normalized spacial score (nSPS) is 13.6. The minimum absolute atomic E-state index is 1.05. The zero-order valence-electron chi connectivity index (χ0n) is 11.1. The molecule has 1 aliphatic carbocycles. The lowest BCUT2D eigenvalue weighted by Crippen LogP contribution is -2.12. The van der Waals surface area contributed by atoms with Crippen molar-refractivity contribution in [2.24, 2.45) is 0 Å². The van der Waals surface area contributed by atoms with Gasteiger partial charge in [0.05, 0.1) is 17.2 Å². The van der Waals surface area contributed by atoms with Crippen molar-refractivity contribution in [1.29, 1.82) is 0 Å². The Kier molecular flexibility index (Phi) is 1.83. The summed E-state index contributed by atoms with van der Waals surface area (Å²) in [5, 5.41) is 9.76. The molecule has 20 heavy (non-hydrogen) atoms. The highest BCUT2D eigenvalue weighted by Gasteiger charge is 2.19. The van der Waals surface area contributed by atoms with Crippen LogP contribution in [0.25, 0.3) is 38.4 Å². The largest absolute Gasteiger partial charge is 0.121 e. The molecule has 5 rings (SSSR count). The highest BCUT2D eigenvalue weighted by Crippen LogP contribution is 2.33. The molecule has 0 aliphatic heterocycles. The molecule has 0 saturated carbocycles. The third-order valence-electron chi connectivity index (χ3n) is 4.53. The Morgan fingerprint density at radius 3 is 2.50 bits per heavy atom. The van der Waals surface area contributed by atoms with Gasteiger partial charge in [0.1, 0.15) is 11.3 Å². The van der Waals surface area contributed by atoms with Gasteiger partial charge in [-0.2, -0.15) is 0 Å². The zero-order valence-corrected chi connectivity index (χ0v) is 11.1. The number of hydrogen-bond acceptors (Lipinski definition) is 0. The Bertz CT molecular complexity index is 1040. The maximum absolute atomic E-state index is 2.30. The van der Waals surface area contributed by atoms with Gasteiger partial charge in [-0.1, -0.05) is 48.5 Å². The van der Waals surface area contributed by atoms with E-state index in [0.717, 1.165) is 6.42 Å². The van der Waals surface area contributed by atoms with E-state index >= 15 is 0 Å². The van der Waals surface area contributed by atoms with E-state index in [1.807, 2.05) is 0 Å². The molecule has 0 heterocycles. The summed E-state index contributed by atoms with van der Waals surface area (Å²) >= 11 is 0. The van der Waals surface area contributed by atoms with Crippen LogP contribution in [0.5, 0.6) is 0 Å². The van der Waals surface area contributed by atoms with Crippen LogP contribution in [0, 0.1) is 6.42 Å². The van der Waals surface area contributed by atoms with Crippen LogP contribution in [-0.2, 0) is 6.42 Å². The van der Waals surface area contributed by atoms with Crippen molar-refractivity contribution >= 4 is 38.4 Å². The number of hydrogen-bond donors (Lipinski definition) is 0. The van der Waals surface area contributed by atoms with Crippen molar-refractivity contribution in [2.75, 3.05) is 0 Å². The molecule has 0 amide bonds. The van der Waals surface area contributed by atoms with Gasteiger partial charge in [0.25, 0.3) is 0 Å². The standard InChI is InChI=1S/C20H13/c1-2-8-16-15(7-1)17-9-3-5-13-11-12-14-6-4-10-18(16)20(14)19(13)17/h1-5,7-12H,6H2/q+1. The van der Waals surface area contributed by atoms with Crippen LogP contribution in [0.1, 0.15) is 5.56 Å². The van der Waals surface area contributed by atoms with Crippen molar-refractivity contribution in [2.45, 2.75) is 6.42 Å². The molecule has 0 aromatic heterocycles. The quantitative estimate of drug-likeness (QED) is 0.247. The van der Waals surface area contributed by atoms with Gasteiger partial charge in [0.2, 0.25) is 0 Å². The Hall–Kier alpha value is -2.47. The van der Waals surface area contributed by atoms with E-state index in [-0.39, 0.29) is 0 Å². The van der Waals surface area contributed by atoms with E-state index in [2.05, 4.69) is 67.1 Å². The summed E-state index contributed by atoms with van der Waals surface area (Å²) < 4.78 is 0. The van der Waals surface area contributed by atoms with Gasteiger partial charge in [-0.15, -0.1) is 0 Å². The molecule has 1 aliphatic rings. The van der Waals surface area contributed by atoms with Crippen LogP contribution in [0.4, 0.5) is 0 Å². The molecule has 0 bridgehead atoms. The fraction of sp³-hybridized carbons (Fsp3) is 0.0500.